The molecule has 3 rings (SSSR count). The van der Waals surface area contributed by atoms with Gasteiger partial charge in [-0.25, -0.2) is 4.68 Å². The lowest BCUT2D eigenvalue weighted by Crippen LogP contribution is -2.34. The summed E-state index contributed by atoms with van der Waals surface area (Å²) in [5.41, 5.74) is 0.912. The second kappa shape index (κ2) is 6.31. The Hall–Kier alpha value is -2.89. The number of carbonyl (C=O) groups excluding carboxylic acids is 1. The fraction of sp³-hybridized carbons (Fsp3) is 0.278. The zero-order chi connectivity index (χ0) is 17.2. The van der Waals surface area contributed by atoms with Crippen LogP contribution < -0.4 is 0 Å². The number of aromatic nitrogens is 2. The average molecular weight is 325 g/mol. The first-order valence-corrected chi connectivity index (χ1v) is 7.78. The third-order valence-corrected chi connectivity index (χ3v) is 4.34. The molecule has 1 fully saturated rings. The van der Waals surface area contributed by atoms with E-state index in [0.717, 1.165) is 11.3 Å². The number of para-hydroxylation sites is 1. The minimum Gasteiger partial charge on any atom is -0.481 e. The summed E-state index contributed by atoms with van der Waals surface area (Å²) >= 11 is 0. The Morgan fingerprint density at radius 3 is 2.71 bits per heavy atom. The van der Waals surface area contributed by atoms with E-state index in [1.807, 2.05) is 36.5 Å². The molecule has 0 aliphatic carbocycles. The molecule has 0 spiro atoms. The van der Waals surface area contributed by atoms with E-state index in [9.17, 15) is 14.7 Å². The second-order valence-electron chi connectivity index (χ2n) is 6.26. The summed E-state index contributed by atoms with van der Waals surface area (Å²) in [4.78, 5) is 25.0. The van der Waals surface area contributed by atoms with Gasteiger partial charge in [-0.15, -0.1) is 0 Å². The van der Waals surface area contributed by atoms with Crippen molar-refractivity contribution in [2.45, 2.75) is 13.3 Å². The Kier molecular flexibility index (Phi) is 4.20. The van der Waals surface area contributed by atoms with Gasteiger partial charge in [0.1, 0.15) is 0 Å². The lowest BCUT2D eigenvalue weighted by molar-refractivity contribution is -0.147. The van der Waals surface area contributed by atoms with Crippen LogP contribution in [0.3, 0.4) is 0 Å². The first-order valence-electron chi connectivity index (χ1n) is 7.78. The fourth-order valence-electron chi connectivity index (χ4n) is 2.74. The monoisotopic (exact) mass is 325 g/mol. The van der Waals surface area contributed by atoms with Crippen molar-refractivity contribution in [1.82, 2.24) is 14.7 Å². The SMILES string of the molecule is CC1(C(=O)O)CCN(C(=O)C=Cc2cnn(-c3ccccc3)c2)C1. The normalized spacial score (nSPS) is 20.6. The summed E-state index contributed by atoms with van der Waals surface area (Å²) in [6, 6.07) is 9.70. The highest BCUT2D eigenvalue weighted by Gasteiger charge is 2.41. The van der Waals surface area contributed by atoms with Crippen LogP contribution in [-0.4, -0.2) is 44.8 Å². The van der Waals surface area contributed by atoms with Gasteiger partial charge in [0.15, 0.2) is 0 Å². The maximum Gasteiger partial charge on any atom is 0.311 e. The second-order valence-corrected chi connectivity index (χ2v) is 6.26. The van der Waals surface area contributed by atoms with Gasteiger partial charge in [-0.2, -0.15) is 5.10 Å². The Morgan fingerprint density at radius 2 is 2.04 bits per heavy atom. The van der Waals surface area contributed by atoms with Crippen LogP contribution in [0.15, 0.2) is 48.8 Å². The van der Waals surface area contributed by atoms with Gasteiger partial charge >= 0.3 is 5.97 Å². The molecule has 1 aliphatic rings. The molecule has 124 valence electrons. The number of benzene rings is 1. The van der Waals surface area contributed by atoms with E-state index in [4.69, 9.17) is 0 Å². The molecule has 2 heterocycles. The topological polar surface area (TPSA) is 75.4 Å². The number of likely N-dealkylation sites (tertiary alicyclic amines) is 1. The molecule has 2 aromatic rings. The van der Waals surface area contributed by atoms with E-state index in [1.165, 1.54) is 6.08 Å². The number of hydrogen-bond acceptors (Lipinski definition) is 3. The van der Waals surface area contributed by atoms with Gasteiger partial charge in [-0.05, 0) is 31.6 Å². The maximum atomic E-state index is 12.2. The molecule has 1 aliphatic heterocycles. The third-order valence-electron chi connectivity index (χ3n) is 4.34. The van der Waals surface area contributed by atoms with Gasteiger partial charge in [0.05, 0.1) is 17.3 Å². The molecule has 1 N–H and O–H groups in total. The zero-order valence-corrected chi connectivity index (χ0v) is 13.4. The molecule has 24 heavy (non-hydrogen) atoms. The highest BCUT2D eigenvalue weighted by Crippen LogP contribution is 2.30. The number of hydrogen-bond donors (Lipinski definition) is 1. The molecule has 0 saturated carbocycles. The number of amides is 1. The summed E-state index contributed by atoms with van der Waals surface area (Å²) < 4.78 is 1.74. The minimum absolute atomic E-state index is 0.174. The van der Waals surface area contributed by atoms with Gasteiger partial charge < -0.3 is 10.0 Å². The molecule has 6 heteroatoms. The molecule has 1 aromatic carbocycles. The summed E-state index contributed by atoms with van der Waals surface area (Å²) in [6.45, 7) is 2.39. The summed E-state index contributed by atoms with van der Waals surface area (Å²) in [7, 11) is 0. The van der Waals surface area contributed by atoms with Crippen LogP contribution in [0, 0.1) is 5.41 Å². The number of carbonyl (C=O) groups is 2. The first kappa shape index (κ1) is 16.0. The Balaban J connectivity index is 1.65. The first-order chi connectivity index (χ1) is 11.5. The van der Waals surface area contributed by atoms with Crippen LogP contribution in [0.1, 0.15) is 18.9 Å². The fourth-order valence-corrected chi connectivity index (χ4v) is 2.74. The smallest absolute Gasteiger partial charge is 0.311 e. The Labute approximate surface area is 140 Å². The highest BCUT2D eigenvalue weighted by atomic mass is 16.4. The highest BCUT2D eigenvalue weighted by molar-refractivity contribution is 5.92. The standard InChI is InChI=1S/C18H19N3O3/c1-18(17(23)24)9-10-20(13-18)16(22)8-7-14-11-19-21(12-14)15-5-3-2-4-6-15/h2-8,11-12H,9-10,13H2,1H3,(H,23,24). The Bertz CT molecular complexity index is 782. The molecule has 1 unspecified atom stereocenters. The lowest BCUT2D eigenvalue weighted by atomic mass is 9.90. The van der Waals surface area contributed by atoms with Gasteiger partial charge in [0.2, 0.25) is 5.91 Å². The number of carboxylic acid groups (broad SMARTS) is 1. The van der Waals surface area contributed by atoms with Crippen LogP contribution in [-0.2, 0) is 9.59 Å². The van der Waals surface area contributed by atoms with Crippen molar-refractivity contribution < 1.29 is 14.7 Å². The van der Waals surface area contributed by atoms with E-state index >= 15 is 0 Å². The van der Waals surface area contributed by atoms with Gasteiger partial charge in [-0.3, -0.25) is 9.59 Å². The van der Waals surface area contributed by atoms with E-state index in [2.05, 4.69) is 5.10 Å². The number of carboxylic acids is 1. The molecule has 1 atom stereocenters. The number of rotatable bonds is 4. The van der Waals surface area contributed by atoms with E-state index in [1.54, 1.807) is 28.8 Å². The van der Waals surface area contributed by atoms with Crippen molar-refractivity contribution in [3.8, 4) is 5.69 Å². The lowest BCUT2D eigenvalue weighted by Gasteiger charge is -2.18. The van der Waals surface area contributed by atoms with Crippen molar-refractivity contribution in [3.63, 3.8) is 0 Å². The molecule has 1 aromatic heterocycles. The van der Waals surface area contributed by atoms with Crippen LogP contribution in [0.4, 0.5) is 0 Å². The molecule has 6 nitrogen and oxygen atoms in total. The predicted octanol–water partition coefficient (Wildman–Crippen LogP) is 2.21. The molecular formula is C18H19N3O3. The molecule has 1 saturated heterocycles. The van der Waals surface area contributed by atoms with Crippen LogP contribution in [0.5, 0.6) is 0 Å². The average Bonchev–Trinajstić information content (AvgIpc) is 3.21. The predicted molar refractivity (Wildman–Crippen MR) is 89.5 cm³/mol. The molecular weight excluding hydrogens is 306 g/mol. The van der Waals surface area contributed by atoms with E-state index < -0.39 is 11.4 Å². The quantitative estimate of drug-likeness (QED) is 0.875. The largest absolute Gasteiger partial charge is 0.481 e. The summed E-state index contributed by atoms with van der Waals surface area (Å²) in [5, 5.41) is 13.5. The van der Waals surface area contributed by atoms with Crippen molar-refractivity contribution in [2.75, 3.05) is 13.1 Å². The summed E-state index contributed by atoms with van der Waals surface area (Å²) in [5.74, 6) is -1.03. The van der Waals surface area contributed by atoms with Crippen LogP contribution >= 0.6 is 0 Å². The molecule has 0 radical (unpaired) electrons. The van der Waals surface area contributed by atoms with Crippen molar-refractivity contribution in [3.05, 3.63) is 54.4 Å². The third kappa shape index (κ3) is 3.22. The van der Waals surface area contributed by atoms with Gasteiger partial charge in [0.25, 0.3) is 0 Å². The van der Waals surface area contributed by atoms with Gasteiger partial charge in [0, 0.05) is 30.9 Å². The Morgan fingerprint density at radius 1 is 1.29 bits per heavy atom. The van der Waals surface area contributed by atoms with Crippen molar-refractivity contribution >= 4 is 18.0 Å². The van der Waals surface area contributed by atoms with Gasteiger partial charge in [-0.1, -0.05) is 18.2 Å². The number of aliphatic carboxylic acids is 1. The van der Waals surface area contributed by atoms with Crippen LogP contribution in [0.2, 0.25) is 0 Å². The molecule has 1 amide bonds. The van der Waals surface area contributed by atoms with E-state index in [-0.39, 0.29) is 12.5 Å². The molecule has 0 bridgehead atoms. The van der Waals surface area contributed by atoms with Crippen LogP contribution in [0.25, 0.3) is 11.8 Å². The van der Waals surface area contributed by atoms with E-state index in [0.29, 0.717) is 13.0 Å². The zero-order valence-electron chi connectivity index (χ0n) is 13.4. The van der Waals surface area contributed by atoms with Crippen molar-refractivity contribution in [1.29, 1.82) is 0 Å². The minimum atomic E-state index is -0.856. The number of nitrogens with zero attached hydrogens (tertiary/aromatic N) is 3. The van der Waals surface area contributed by atoms with Crippen molar-refractivity contribution in [2.24, 2.45) is 5.41 Å². The maximum absolute atomic E-state index is 12.2. The summed E-state index contributed by atoms with van der Waals surface area (Å²) in [6.07, 6.45) is 7.17.